The zero-order valence-electron chi connectivity index (χ0n) is 23.9. The molecule has 2 aliphatic rings. The number of benzene rings is 3. The molecule has 0 unspecified atom stereocenters. The van der Waals surface area contributed by atoms with Gasteiger partial charge in [-0.1, -0.05) is 63.1 Å². The van der Waals surface area contributed by atoms with Crippen LogP contribution in [0.2, 0.25) is 0 Å². The number of carbonyl (C=O) groups excluding carboxylic acids is 1. The number of rotatable bonds is 11. The molecule has 3 atom stereocenters. The van der Waals surface area contributed by atoms with E-state index in [1.165, 1.54) is 0 Å². The van der Waals surface area contributed by atoms with Gasteiger partial charge in [0, 0.05) is 24.2 Å². The van der Waals surface area contributed by atoms with E-state index in [0.29, 0.717) is 23.8 Å². The molecule has 2 N–H and O–H groups in total. The van der Waals surface area contributed by atoms with E-state index in [1.54, 1.807) is 7.11 Å². The first-order chi connectivity index (χ1) is 19.9. The smallest absolute Gasteiger partial charge is 0.309 e. The number of aryl methyl sites for hydroxylation is 2. The van der Waals surface area contributed by atoms with Crippen molar-refractivity contribution in [1.82, 2.24) is 4.90 Å². The second-order valence-electron chi connectivity index (χ2n) is 10.7. The average molecular weight is 559 g/mol. The van der Waals surface area contributed by atoms with E-state index in [1.807, 2.05) is 47.4 Å². The maximum atomic E-state index is 13.7. The van der Waals surface area contributed by atoms with Crippen LogP contribution < -0.4 is 19.5 Å². The second-order valence-corrected chi connectivity index (χ2v) is 10.7. The fourth-order valence-electron chi connectivity index (χ4n) is 6.21. The minimum atomic E-state index is -0.907. The molecule has 8 nitrogen and oxygen atoms in total. The van der Waals surface area contributed by atoms with E-state index < -0.39 is 17.9 Å². The third-order valence-electron chi connectivity index (χ3n) is 8.05. The molecule has 0 aliphatic carbocycles. The number of carboxylic acids is 1. The summed E-state index contributed by atoms with van der Waals surface area (Å²) in [5.41, 5.74) is 4.82. The number of hydrogen-bond donors (Lipinski definition) is 2. The predicted molar refractivity (Wildman–Crippen MR) is 157 cm³/mol. The summed E-state index contributed by atoms with van der Waals surface area (Å²) >= 11 is 0. The Bertz CT molecular complexity index is 1360. The molecule has 5 rings (SSSR count). The first-order valence-corrected chi connectivity index (χ1v) is 14.3. The van der Waals surface area contributed by atoms with Gasteiger partial charge in [-0.25, -0.2) is 0 Å². The molecule has 8 heteroatoms. The molecule has 2 aliphatic heterocycles. The van der Waals surface area contributed by atoms with Gasteiger partial charge >= 0.3 is 5.97 Å². The Hall–Kier alpha value is -4.04. The van der Waals surface area contributed by atoms with Crippen LogP contribution in [0.25, 0.3) is 0 Å². The number of fused-ring (bicyclic) bond motifs is 1. The van der Waals surface area contributed by atoms with E-state index in [2.05, 4.69) is 37.4 Å². The van der Waals surface area contributed by atoms with Crippen LogP contribution in [-0.4, -0.2) is 48.9 Å². The van der Waals surface area contributed by atoms with Crippen molar-refractivity contribution in [3.05, 3.63) is 82.9 Å². The van der Waals surface area contributed by atoms with Crippen LogP contribution >= 0.6 is 0 Å². The van der Waals surface area contributed by atoms with Crippen LogP contribution in [0.3, 0.4) is 0 Å². The predicted octanol–water partition coefficient (Wildman–Crippen LogP) is 5.81. The number of para-hydroxylation sites is 1. The average Bonchev–Trinajstić information content (AvgIpc) is 3.59. The van der Waals surface area contributed by atoms with Crippen LogP contribution in [0.5, 0.6) is 17.2 Å². The van der Waals surface area contributed by atoms with Crippen molar-refractivity contribution < 1.29 is 28.9 Å². The van der Waals surface area contributed by atoms with Gasteiger partial charge in [-0.2, -0.15) is 0 Å². The normalized spacial score (nSPS) is 19.7. The van der Waals surface area contributed by atoms with E-state index in [-0.39, 0.29) is 25.2 Å². The highest BCUT2D eigenvalue weighted by molar-refractivity contribution is 5.94. The zero-order valence-corrected chi connectivity index (χ0v) is 23.9. The summed E-state index contributed by atoms with van der Waals surface area (Å²) in [5.74, 6) is -0.249. The van der Waals surface area contributed by atoms with E-state index in [0.717, 1.165) is 53.6 Å². The number of nitrogens with one attached hydrogen (secondary N) is 1. The molecule has 0 spiro atoms. The van der Waals surface area contributed by atoms with Gasteiger partial charge in [0.15, 0.2) is 11.5 Å². The van der Waals surface area contributed by atoms with Crippen molar-refractivity contribution in [2.75, 3.05) is 32.3 Å². The molecule has 41 heavy (non-hydrogen) atoms. The van der Waals surface area contributed by atoms with Gasteiger partial charge in [-0.05, 0) is 59.4 Å². The van der Waals surface area contributed by atoms with Gasteiger partial charge in [0.1, 0.15) is 5.75 Å². The van der Waals surface area contributed by atoms with Crippen molar-refractivity contribution in [3.8, 4) is 17.2 Å². The molecule has 0 aromatic heterocycles. The highest BCUT2D eigenvalue weighted by Crippen LogP contribution is 2.47. The number of ether oxygens (including phenoxy) is 3. The number of anilines is 1. The SMILES string of the molecule is CCCc1cccc(CCC)c1NC(=O)CN1C[C@H](c2ccc3c(c2)OCO3)[C@@H](C(=O)O)[C@@H]1c1ccc(OC)cc1. The molecule has 216 valence electrons. The zero-order chi connectivity index (χ0) is 28.9. The Morgan fingerprint density at radius 3 is 2.24 bits per heavy atom. The third-order valence-corrected chi connectivity index (χ3v) is 8.05. The Morgan fingerprint density at radius 2 is 1.61 bits per heavy atom. The second kappa shape index (κ2) is 12.6. The summed E-state index contributed by atoms with van der Waals surface area (Å²) in [6.45, 7) is 4.87. The largest absolute Gasteiger partial charge is 0.497 e. The maximum Gasteiger partial charge on any atom is 0.309 e. The molecule has 1 fully saturated rings. The number of amides is 1. The van der Waals surface area contributed by atoms with Crippen molar-refractivity contribution >= 4 is 17.6 Å². The maximum absolute atomic E-state index is 13.7. The highest BCUT2D eigenvalue weighted by atomic mass is 16.7. The Balaban J connectivity index is 1.48. The van der Waals surface area contributed by atoms with Crippen LogP contribution in [0.1, 0.15) is 60.9 Å². The van der Waals surface area contributed by atoms with Crippen molar-refractivity contribution in [2.45, 2.75) is 51.5 Å². The molecule has 0 radical (unpaired) electrons. The first kappa shape index (κ1) is 28.5. The monoisotopic (exact) mass is 558 g/mol. The summed E-state index contributed by atoms with van der Waals surface area (Å²) in [7, 11) is 1.60. The number of likely N-dealkylation sites (tertiary alicyclic amines) is 1. The van der Waals surface area contributed by atoms with Gasteiger partial charge in [0.2, 0.25) is 12.7 Å². The summed E-state index contributed by atoms with van der Waals surface area (Å²) in [5, 5.41) is 13.8. The van der Waals surface area contributed by atoms with Crippen LogP contribution in [0.15, 0.2) is 60.7 Å². The Morgan fingerprint density at radius 1 is 0.951 bits per heavy atom. The van der Waals surface area contributed by atoms with E-state index >= 15 is 0 Å². The summed E-state index contributed by atoms with van der Waals surface area (Å²) in [6, 6.07) is 18.7. The topological polar surface area (TPSA) is 97.3 Å². The number of carbonyl (C=O) groups is 2. The lowest BCUT2D eigenvalue weighted by Gasteiger charge is -2.27. The highest BCUT2D eigenvalue weighted by Gasteiger charge is 2.48. The minimum absolute atomic E-state index is 0.0630. The van der Waals surface area contributed by atoms with Crippen molar-refractivity contribution in [3.63, 3.8) is 0 Å². The summed E-state index contributed by atoms with van der Waals surface area (Å²) in [4.78, 5) is 28.5. The summed E-state index contributed by atoms with van der Waals surface area (Å²) < 4.78 is 16.4. The number of nitrogens with zero attached hydrogens (tertiary/aromatic N) is 1. The molecule has 1 saturated heterocycles. The fourth-order valence-corrected chi connectivity index (χ4v) is 6.21. The number of hydrogen-bond acceptors (Lipinski definition) is 6. The van der Waals surface area contributed by atoms with Gasteiger partial charge < -0.3 is 24.6 Å². The van der Waals surface area contributed by atoms with Crippen LogP contribution in [0.4, 0.5) is 5.69 Å². The lowest BCUT2D eigenvalue weighted by molar-refractivity contribution is -0.143. The number of aliphatic carboxylic acids is 1. The Labute approximate surface area is 241 Å². The van der Waals surface area contributed by atoms with Gasteiger partial charge in [0.25, 0.3) is 0 Å². The molecule has 3 aromatic carbocycles. The first-order valence-electron chi connectivity index (χ1n) is 14.3. The molecule has 1 amide bonds. The third kappa shape index (κ3) is 6.03. The van der Waals surface area contributed by atoms with Gasteiger partial charge in [-0.3, -0.25) is 14.5 Å². The van der Waals surface area contributed by atoms with Crippen LogP contribution in [-0.2, 0) is 22.4 Å². The van der Waals surface area contributed by atoms with Gasteiger partial charge in [0.05, 0.1) is 19.6 Å². The lowest BCUT2D eigenvalue weighted by Crippen LogP contribution is -2.35. The number of methoxy groups -OCH3 is 1. The van der Waals surface area contributed by atoms with Crippen LogP contribution in [0, 0.1) is 5.92 Å². The number of carboxylic acid groups (broad SMARTS) is 1. The minimum Gasteiger partial charge on any atom is -0.497 e. The van der Waals surface area contributed by atoms with E-state index in [4.69, 9.17) is 14.2 Å². The standard InChI is InChI=1S/C33H38N2O6/c1-4-7-21-9-6-10-22(8-5-2)31(21)34-29(36)19-35-18-26(24-13-16-27-28(17-24)41-20-40-27)30(33(37)38)32(35)23-11-14-25(39-3)15-12-23/h6,9-17,26,30,32H,4-5,7-8,18-20H2,1-3H3,(H,34,36)(H,37,38)/t26-,30-,32+/m1/s1. The molecule has 3 aromatic rings. The van der Waals surface area contributed by atoms with Crippen molar-refractivity contribution in [1.29, 1.82) is 0 Å². The Kier molecular flexibility index (Phi) is 8.78. The molecular weight excluding hydrogens is 520 g/mol. The molecular formula is C33H38N2O6. The fraction of sp³-hybridized carbons (Fsp3) is 0.394. The molecule has 2 heterocycles. The lowest BCUT2D eigenvalue weighted by atomic mass is 9.82. The summed E-state index contributed by atoms with van der Waals surface area (Å²) in [6.07, 6.45) is 3.69. The molecule has 0 bridgehead atoms. The molecule has 0 saturated carbocycles. The van der Waals surface area contributed by atoms with Crippen molar-refractivity contribution in [2.24, 2.45) is 5.92 Å². The quantitative estimate of drug-likeness (QED) is 0.307. The van der Waals surface area contributed by atoms with E-state index in [9.17, 15) is 14.7 Å². The van der Waals surface area contributed by atoms with Gasteiger partial charge in [-0.15, -0.1) is 0 Å².